The molecule has 0 radical (unpaired) electrons. The van der Waals surface area contributed by atoms with Crippen molar-refractivity contribution in [1.82, 2.24) is 15.2 Å². The molecule has 0 saturated carbocycles. The minimum atomic E-state index is -0.753. The van der Waals surface area contributed by atoms with Gasteiger partial charge in [-0.05, 0) is 32.4 Å². The van der Waals surface area contributed by atoms with Gasteiger partial charge < -0.3 is 15.5 Å². The van der Waals surface area contributed by atoms with Crippen molar-refractivity contribution >= 4 is 46.0 Å². The second-order valence-electron chi connectivity index (χ2n) is 7.33. The zero-order valence-corrected chi connectivity index (χ0v) is 17.3. The van der Waals surface area contributed by atoms with Crippen molar-refractivity contribution in [2.45, 2.75) is 43.0 Å². The first kappa shape index (κ1) is 18.9. The molecule has 0 bridgehead atoms. The number of hydrogen-bond donors (Lipinski definition) is 2. The number of hydrogen-bond acceptors (Lipinski definition) is 6. The van der Waals surface area contributed by atoms with Gasteiger partial charge in [-0.25, -0.2) is 4.98 Å². The van der Waals surface area contributed by atoms with E-state index in [1.165, 1.54) is 11.3 Å². The minimum Gasteiger partial charge on any atom is -0.343 e. The standard InChI is InChI=1S/C19H20N4O3S2/c1-10(14(24)22-18-20-8-9-27-18)21-15(25)13-19(2,3)28-17-12-7-5-4-6-11(12)16(26)23(13)17/h4-10,13,17H,1-3H3,(H,21,25)(H,20,22,24)/t10-,13+,17?/m0/s1. The molecular formula is C19H20N4O3S2. The number of carbonyl (C=O) groups excluding carboxylic acids is 3. The summed E-state index contributed by atoms with van der Waals surface area (Å²) in [5, 5.41) is 7.50. The van der Waals surface area contributed by atoms with Gasteiger partial charge in [0, 0.05) is 21.9 Å². The van der Waals surface area contributed by atoms with Gasteiger partial charge in [0.1, 0.15) is 17.5 Å². The molecule has 3 heterocycles. The van der Waals surface area contributed by atoms with Crippen molar-refractivity contribution in [2.75, 3.05) is 5.32 Å². The summed E-state index contributed by atoms with van der Waals surface area (Å²) in [6.07, 6.45) is 1.60. The highest BCUT2D eigenvalue weighted by molar-refractivity contribution is 8.01. The highest BCUT2D eigenvalue weighted by atomic mass is 32.2. The third kappa shape index (κ3) is 3.08. The third-order valence-electron chi connectivity index (χ3n) is 4.96. The lowest BCUT2D eigenvalue weighted by molar-refractivity contribution is -0.129. The van der Waals surface area contributed by atoms with Crippen LogP contribution in [0.5, 0.6) is 0 Å². The lowest BCUT2D eigenvalue weighted by atomic mass is 10.0. The van der Waals surface area contributed by atoms with E-state index in [0.717, 1.165) is 5.56 Å². The second kappa shape index (κ2) is 6.89. The van der Waals surface area contributed by atoms with Crippen LogP contribution in [0.4, 0.5) is 5.13 Å². The van der Waals surface area contributed by atoms with Gasteiger partial charge >= 0.3 is 0 Å². The Morgan fingerprint density at radius 2 is 2.04 bits per heavy atom. The number of anilines is 1. The molecule has 1 aromatic carbocycles. The van der Waals surface area contributed by atoms with Crippen molar-refractivity contribution in [3.05, 3.63) is 47.0 Å². The third-order valence-corrected chi connectivity index (χ3v) is 7.18. The molecule has 0 aliphatic carbocycles. The van der Waals surface area contributed by atoms with E-state index in [2.05, 4.69) is 15.6 Å². The molecule has 4 rings (SSSR count). The fraction of sp³-hybridized carbons (Fsp3) is 0.368. The topological polar surface area (TPSA) is 91.4 Å². The molecule has 1 fully saturated rings. The predicted octanol–water partition coefficient (Wildman–Crippen LogP) is 2.63. The molecule has 7 nitrogen and oxygen atoms in total. The van der Waals surface area contributed by atoms with Crippen molar-refractivity contribution in [3.8, 4) is 0 Å². The molecule has 28 heavy (non-hydrogen) atoms. The normalized spacial score (nSPS) is 23.1. The number of nitrogens with zero attached hydrogens (tertiary/aromatic N) is 2. The average molecular weight is 417 g/mol. The van der Waals surface area contributed by atoms with Gasteiger partial charge in [-0.15, -0.1) is 23.1 Å². The monoisotopic (exact) mass is 416 g/mol. The van der Waals surface area contributed by atoms with Gasteiger partial charge in [0.25, 0.3) is 5.91 Å². The number of thioether (sulfide) groups is 1. The lowest BCUT2D eigenvalue weighted by Gasteiger charge is -2.30. The molecule has 1 unspecified atom stereocenters. The average Bonchev–Trinajstić information content (AvgIpc) is 3.31. The van der Waals surface area contributed by atoms with Crippen LogP contribution in [0.15, 0.2) is 35.8 Å². The van der Waals surface area contributed by atoms with E-state index in [1.807, 2.05) is 32.0 Å². The largest absolute Gasteiger partial charge is 0.343 e. The molecule has 2 aliphatic rings. The molecule has 2 aromatic rings. The number of benzene rings is 1. The van der Waals surface area contributed by atoms with Gasteiger partial charge in [0.05, 0.1) is 0 Å². The summed E-state index contributed by atoms with van der Waals surface area (Å²) in [4.78, 5) is 44.1. The first-order chi connectivity index (χ1) is 13.3. The van der Waals surface area contributed by atoms with Crippen LogP contribution in [-0.4, -0.2) is 44.4 Å². The lowest BCUT2D eigenvalue weighted by Crippen LogP contribution is -2.55. The summed E-state index contributed by atoms with van der Waals surface area (Å²) in [6, 6.07) is 6.04. The van der Waals surface area contributed by atoms with Gasteiger partial charge in [0.15, 0.2) is 5.13 Å². The second-order valence-corrected chi connectivity index (χ2v) is 9.96. The first-order valence-electron chi connectivity index (χ1n) is 8.90. The Balaban J connectivity index is 1.52. The van der Waals surface area contributed by atoms with Crippen LogP contribution in [0.25, 0.3) is 0 Å². The Morgan fingerprint density at radius 1 is 1.29 bits per heavy atom. The van der Waals surface area contributed by atoms with E-state index in [4.69, 9.17) is 0 Å². The Kier molecular flexibility index (Phi) is 4.67. The fourth-order valence-electron chi connectivity index (χ4n) is 3.66. The molecule has 3 amide bonds. The highest BCUT2D eigenvalue weighted by Crippen LogP contribution is 2.56. The van der Waals surface area contributed by atoms with Crippen molar-refractivity contribution in [3.63, 3.8) is 0 Å². The molecule has 2 N–H and O–H groups in total. The van der Waals surface area contributed by atoms with Crippen molar-refractivity contribution in [2.24, 2.45) is 0 Å². The minimum absolute atomic E-state index is 0.140. The maximum atomic E-state index is 13.1. The molecule has 1 aromatic heterocycles. The summed E-state index contributed by atoms with van der Waals surface area (Å²) in [7, 11) is 0. The Hall–Kier alpha value is -2.39. The van der Waals surface area contributed by atoms with Gasteiger partial charge in [0.2, 0.25) is 11.8 Å². The zero-order chi connectivity index (χ0) is 20.1. The molecule has 3 atom stereocenters. The van der Waals surface area contributed by atoms with Crippen LogP contribution >= 0.6 is 23.1 Å². The van der Waals surface area contributed by atoms with E-state index in [9.17, 15) is 14.4 Å². The van der Waals surface area contributed by atoms with Crippen molar-refractivity contribution in [1.29, 1.82) is 0 Å². The number of aromatic nitrogens is 1. The van der Waals surface area contributed by atoms with Crippen LogP contribution in [0, 0.1) is 0 Å². The van der Waals surface area contributed by atoms with E-state index in [0.29, 0.717) is 10.7 Å². The molecule has 9 heteroatoms. The number of amides is 3. The molecular weight excluding hydrogens is 396 g/mol. The maximum Gasteiger partial charge on any atom is 0.256 e. The van der Waals surface area contributed by atoms with Crippen LogP contribution in [0.3, 0.4) is 0 Å². The Bertz CT molecular complexity index is 944. The van der Waals surface area contributed by atoms with E-state index >= 15 is 0 Å². The van der Waals surface area contributed by atoms with Gasteiger partial charge in [-0.1, -0.05) is 18.2 Å². The molecule has 2 aliphatic heterocycles. The fourth-order valence-corrected chi connectivity index (χ4v) is 5.78. The van der Waals surface area contributed by atoms with Crippen LogP contribution in [-0.2, 0) is 9.59 Å². The Labute approximate surface area is 170 Å². The van der Waals surface area contributed by atoms with E-state index in [1.54, 1.807) is 41.2 Å². The number of carbonyl (C=O) groups is 3. The van der Waals surface area contributed by atoms with Crippen LogP contribution in [0.2, 0.25) is 0 Å². The summed E-state index contributed by atoms with van der Waals surface area (Å²) in [5.41, 5.74) is 1.58. The van der Waals surface area contributed by atoms with Crippen LogP contribution in [0.1, 0.15) is 42.1 Å². The quantitative estimate of drug-likeness (QED) is 0.800. The highest BCUT2D eigenvalue weighted by Gasteiger charge is 2.57. The number of nitrogens with one attached hydrogen (secondary N) is 2. The first-order valence-corrected chi connectivity index (χ1v) is 10.7. The summed E-state index contributed by atoms with van der Waals surface area (Å²) >= 11 is 2.90. The smallest absolute Gasteiger partial charge is 0.256 e. The Morgan fingerprint density at radius 3 is 2.75 bits per heavy atom. The van der Waals surface area contributed by atoms with Crippen molar-refractivity contribution < 1.29 is 14.4 Å². The number of rotatable bonds is 4. The molecule has 0 spiro atoms. The molecule has 1 saturated heterocycles. The summed E-state index contributed by atoms with van der Waals surface area (Å²) in [6.45, 7) is 5.53. The number of fused-ring (bicyclic) bond motifs is 3. The van der Waals surface area contributed by atoms with E-state index in [-0.39, 0.29) is 23.1 Å². The molecule has 146 valence electrons. The van der Waals surface area contributed by atoms with Crippen LogP contribution < -0.4 is 10.6 Å². The predicted molar refractivity (Wildman–Crippen MR) is 109 cm³/mol. The van der Waals surface area contributed by atoms with Gasteiger partial charge in [-0.2, -0.15) is 0 Å². The van der Waals surface area contributed by atoms with E-state index < -0.39 is 16.8 Å². The number of thiazole rings is 1. The SMILES string of the molecule is C[C@H](NC(=O)[C@H]1N2C(=O)c3ccccc3C2SC1(C)C)C(=O)Nc1nccs1. The maximum absolute atomic E-state index is 13.1. The summed E-state index contributed by atoms with van der Waals surface area (Å²) in [5.74, 6) is -0.819. The zero-order valence-electron chi connectivity index (χ0n) is 15.6. The van der Waals surface area contributed by atoms with Gasteiger partial charge in [-0.3, -0.25) is 14.4 Å². The summed E-state index contributed by atoms with van der Waals surface area (Å²) < 4.78 is -0.483.